The second kappa shape index (κ2) is 3.36. The van der Waals surface area contributed by atoms with Gasteiger partial charge in [-0.15, -0.1) is 0 Å². The van der Waals surface area contributed by atoms with E-state index in [1.807, 2.05) is 0 Å². The molecule has 0 radical (unpaired) electrons. The van der Waals surface area contributed by atoms with Crippen LogP contribution in [0.25, 0.3) is 0 Å². The summed E-state index contributed by atoms with van der Waals surface area (Å²) in [6.45, 7) is 0. The summed E-state index contributed by atoms with van der Waals surface area (Å²) in [5, 5.41) is 20.9. The van der Waals surface area contributed by atoms with Crippen molar-refractivity contribution in [2.24, 2.45) is 16.9 Å². The van der Waals surface area contributed by atoms with Crippen molar-refractivity contribution < 1.29 is 40.9 Å². The molecule has 0 aromatic rings. The topological polar surface area (TPSA) is 132 Å². The van der Waals surface area contributed by atoms with Crippen LogP contribution in [-0.4, -0.2) is 17.6 Å². The minimum atomic E-state index is -2.22. The first-order valence-corrected chi connectivity index (χ1v) is 3.35. The number of carbonyl (C=O) groups excluding carboxylic acids is 2. The molecule has 1 aliphatic carbocycles. The Bertz CT molecular complexity index is 239. The molecule has 0 spiro atoms. The van der Waals surface area contributed by atoms with E-state index in [0.717, 1.165) is 0 Å². The van der Waals surface area contributed by atoms with E-state index in [1.54, 1.807) is 0 Å². The monoisotopic (exact) mass is 367 g/mol. The summed E-state index contributed by atoms with van der Waals surface area (Å²) in [6, 6.07) is 0. The number of hydrogen-bond donors (Lipinski definition) is 2. The van der Waals surface area contributed by atoms with Crippen molar-refractivity contribution in [1.29, 1.82) is 0 Å². The molecule has 4 N–H and O–H groups in total. The molecule has 0 amide bonds. The van der Waals surface area contributed by atoms with Crippen molar-refractivity contribution in [1.82, 2.24) is 0 Å². The van der Waals surface area contributed by atoms with Crippen molar-refractivity contribution in [3.63, 3.8) is 0 Å². The third-order valence-electron chi connectivity index (χ3n) is 2.41. The van der Waals surface area contributed by atoms with Gasteiger partial charge in [0.1, 0.15) is 0 Å². The molecule has 76 valence electrons. The van der Waals surface area contributed by atoms with E-state index in [-0.39, 0.29) is 33.9 Å². The van der Waals surface area contributed by atoms with Crippen LogP contribution in [0.1, 0.15) is 12.8 Å². The zero-order valence-corrected chi connectivity index (χ0v) is 8.79. The van der Waals surface area contributed by atoms with Crippen LogP contribution in [-0.2, 0) is 30.7 Å². The van der Waals surface area contributed by atoms with Crippen molar-refractivity contribution >= 4 is 11.9 Å². The average molecular weight is 367 g/mol. The van der Waals surface area contributed by atoms with Crippen LogP contribution in [0.2, 0.25) is 0 Å². The largest absolute Gasteiger partial charge is 2.00 e. The van der Waals surface area contributed by atoms with Crippen LogP contribution in [0.5, 0.6) is 0 Å². The molecule has 0 aliphatic heterocycles. The van der Waals surface area contributed by atoms with E-state index in [1.165, 1.54) is 0 Å². The number of carbonyl (C=O) groups is 2. The minimum Gasteiger partial charge on any atom is -0.549 e. The molecule has 1 rings (SSSR count). The molecule has 0 aromatic heterocycles. The molecular weight excluding hydrogens is 359 g/mol. The van der Waals surface area contributed by atoms with Crippen molar-refractivity contribution in [3.8, 4) is 0 Å². The molecule has 0 bridgehead atoms. The van der Waals surface area contributed by atoms with Crippen LogP contribution in [0, 0.1) is 5.41 Å². The molecule has 0 heterocycles. The Morgan fingerprint density at radius 2 is 1.46 bits per heavy atom. The van der Waals surface area contributed by atoms with Gasteiger partial charge in [0.05, 0.1) is 23.0 Å². The zero-order chi connectivity index (χ0) is 9.57. The van der Waals surface area contributed by atoms with Crippen LogP contribution in [0.3, 0.4) is 0 Å². The van der Waals surface area contributed by atoms with Gasteiger partial charge in [-0.25, -0.2) is 0 Å². The molecule has 0 aromatic carbocycles. The van der Waals surface area contributed by atoms with Gasteiger partial charge in [0, 0.05) is 0 Å². The first-order valence-electron chi connectivity index (χ1n) is 3.35. The Morgan fingerprint density at radius 3 is 1.46 bits per heavy atom. The summed E-state index contributed by atoms with van der Waals surface area (Å²) in [5.74, 6) is -3.56. The van der Waals surface area contributed by atoms with E-state index < -0.39 is 23.0 Å². The van der Waals surface area contributed by atoms with Crippen LogP contribution in [0.4, 0.5) is 0 Å². The number of rotatable bonds is 2. The Labute approximate surface area is 88.5 Å². The van der Waals surface area contributed by atoms with Crippen molar-refractivity contribution in [2.45, 2.75) is 18.5 Å². The van der Waals surface area contributed by atoms with Crippen LogP contribution >= 0.6 is 0 Å². The standard InChI is InChI=1S/C6H10N2O4.Pt/c7-6(8)2-1-5(6,3(9)10)4(11)12;/h1-2,7-8H2,(H,9,10)(H,11,12);/q;+2/p-2. The predicted molar refractivity (Wildman–Crippen MR) is 32.8 cm³/mol. The molecule has 13 heavy (non-hydrogen) atoms. The van der Waals surface area contributed by atoms with Gasteiger partial charge in [-0.05, 0) is 12.8 Å². The van der Waals surface area contributed by atoms with Gasteiger partial charge in [-0.1, -0.05) is 0 Å². The van der Waals surface area contributed by atoms with E-state index in [4.69, 9.17) is 11.5 Å². The summed E-state index contributed by atoms with van der Waals surface area (Å²) in [5.41, 5.74) is 6.52. The molecule has 1 fully saturated rings. The first-order chi connectivity index (χ1) is 5.34. The summed E-state index contributed by atoms with van der Waals surface area (Å²) in [4.78, 5) is 20.9. The van der Waals surface area contributed by atoms with E-state index >= 15 is 0 Å². The fourth-order valence-corrected chi connectivity index (χ4v) is 1.33. The van der Waals surface area contributed by atoms with E-state index in [0.29, 0.717) is 0 Å². The second-order valence-electron chi connectivity index (χ2n) is 3.02. The number of nitrogens with two attached hydrogens (primary N) is 2. The fourth-order valence-electron chi connectivity index (χ4n) is 1.33. The molecule has 1 saturated carbocycles. The Morgan fingerprint density at radius 1 is 1.08 bits per heavy atom. The van der Waals surface area contributed by atoms with Crippen molar-refractivity contribution in [3.05, 3.63) is 0 Å². The van der Waals surface area contributed by atoms with Crippen molar-refractivity contribution in [2.75, 3.05) is 0 Å². The molecule has 0 saturated heterocycles. The molecule has 6 nitrogen and oxygen atoms in total. The molecular formula is C6H8N2O4Pt. The van der Waals surface area contributed by atoms with Gasteiger partial charge in [-0.3, -0.25) is 0 Å². The normalized spacial score (nSPS) is 22.3. The molecule has 0 atom stereocenters. The Hall–Kier alpha value is -0.452. The van der Waals surface area contributed by atoms with Gasteiger partial charge in [-0.2, -0.15) is 0 Å². The SMILES string of the molecule is NC1(N)CCC1(C(=O)[O-])C(=O)[O-].[Pt+2]. The third-order valence-corrected chi connectivity index (χ3v) is 2.41. The third kappa shape index (κ3) is 1.39. The van der Waals surface area contributed by atoms with Gasteiger partial charge in [0.15, 0.2) is 0 Å². The molecule has 1 aliphatic rings. The summed E-state index contributed by atoms with van der Waals surface area (Å²) < 4.78 is 0. The van der Waals surface area contributed by atoms with Gasteiger partial charge < -0.3 is 31.3 Å². The van der Waals surface area contributed by atoms with Crippen LogP contribution < -0.4 is 21.7 Å². The molecule has 0 unspecified atom stereocenters. The van der Waals surface area contributed by atoms with E-state index in [2.05, 4.69) is 0 Å². The van der Waals surface area contributed by atoms with Gasteiger partial charge in [0.2, 0.25) is 0 Å². The second-order valence-corrected chi connectivity index (χ2v) is 3.02. The fraction of sp³-hybridized carbons (Fsp3) is 0.667. The minimum absolute atomic E-state index is 0. The smallest absolute Gasteiger partial charge is 0.549 e. The number of carboxylic acids is 2. The van der Waals surface area contributed by atoms with Gasteiger partial charge in [0.25, 0.3) is 0 Å². The molecule has 7 heteroatoms. The predicted octanol–water partition coefficient (Wildman–Crippen LogP) is -4.12. The maximum absolute atomic E-state index is 10.5. The maximum Gasteiger partial charge on any atom is 2.00 e. The summed E-state index contributed by atoms with van der Waals surface area (Å²) >= 11 is 0. The maximum atomic E-state index is 10.5. The van der Waals surface area contributed by atoms with Gasteiger partial charge >= 0.3 is 21.1 Å². The summed E-state index contributed by atoms with van der Waals surface area (Å²) in [7, 11) is 0. The Kier molecular flexibility index (Phi) is 3.25. The quantitative estimate of drug-likeness (QED) is 0.376. The zero-order valence-electron chi connectivity index (χ0n) is 6.52. The average Bonchev–Trinajstić information content (AvgIpc) is 1.84. The number of carboxylic acid groups (broad SMARTS) is 2. The van der Waals surface area contributed by atoms with Crippen LogP contribution in [0.15, 0.2) is 0 Å². The Balaban J connectivity index is 0.00000144. The summed E-state index contributed by atoms with van der Waals surface area (Å²) in [6.07, 6.45) is -0.000370. The van der Waals surface area contributed by atoms with E-state index in [9.17, 15) is 19.8 Å². The number of hydrogen-bond acceptors (Lipinski definition) is 6. The first kappa shape index (κ1) is 12.5. The number of aliphatic carboxylic acids is 2.